The van der Waals surface area contributed by atoms with E-state index in [9.17, 15) is 9.18 Å². The van der Waals surface area contributed by atoms with Crippen molar-refractivity contribution in [1.29, 1.82) is 0 Å². The van der Waals surface area contributed by atoms with Gasteiger partial charge in [-0.3, -0.25) is 0 Å². The highest BCUT2D eigenvalue weighted by Crippen LogP contribution is 2.23. The van der Waals surface area contributed by atoms with Crippen LogP contribution in [0, 0.1) is 5.82 Å². The molecule has 0 radical (unpaired) electrons. The first-order valence-electron chi connectivity index (χ1n) is 8.59. The van der Waals surface area contributed by atoms with Crippen molar-refractivity contribution in [3.63, 3.8) is 0 Å². The number of rotatable bonds is 4. The zero-order valence-electron chi connectivity index (χ0n) is 15.3. The number of nitrogens with one attached hydrogen (secondary N) is 2. The van der Waals surface area contributed by atoms with Gasteiger partial charge in [-0.2, -0.15) is 0 Å². The Morgan fingerprint density at radius 1 is 1.30 bits per heavy atom. The molecule has 1 heterocycles. The van der Waals surface area contributed by atoms with Crippen LogP contribution in [0.3, 0.4) is 0 Å². The number of aromatic amines is 1. The number of alkyl carbamates (subject to hydrolysis) is 1. The molecule has 0 saturated heterocycles. The van der Waals surface area contributed by atoms with Crippen LogP contribution >= 0.6 is 15.9 Å². The Morgan fingerprint density at radius 2 is 2.04 bits per heavy atom. The molecule has 1 unspecified atom stereocenters. The predicted octanol–water partition coefficient (Wildman–Crippen LogP) is 5.27. The summed E-state index contributed by atoms with van der Waals surface area (Å²) in [6.45, 7) is 5.40. The minimum Gasteiger partial charge on any atom is -0.444 e. The summed E-state index contributed by atoms with van der Waals surface area (Å²) in [4.78, 5) is 20.1. The smallest absolute Gasteiger partial charge is 0.408 e. The summed E-state index contributed by atoms with van der Waals surface area (Å²) in [7, 11) is 0. The molecule has 1 amide bonds. The lowest BCUT2D eigenvalue weighted by atomic mass is 10.1. The number of halogens is 2. The van der Waals surface area contributed by atoms with Crippen molar-refractivity contribution in [2.24, 2.45) is 0 Å². The SMILES string of the molecule is CC(C)(C)OC(=O)NC(Cc1ccc(Br)c(F)c1)c1nc2ccccc2[nH]1. The van der Waals surface area contributed by atoms with Crippen molar-refractivity contribution in [3.8, 4) is 0 Å². The Morgan fingerprint density at radius 3 is 2.70 bits per heavy atom. The number of fused-ring (bicyclic) bond motifs is 1. The largest absolute Gasteiger partial charge is 0.444 e. The van der Waals surface area contributed by atoms with Gasteiger partial charge in [0.05, 0.1) is 21.5 Å². The quantitative estimate of drug-likeness (QED) is 0.588. The van der Waals surface area contributed by atoms with Crippen molar-refractivity contribution in [3.05, 3.63) is 64.1 Å². The second kappa shape index (κ2) is 7.68. The topological polar surface area (TPSA) is 67.0 Å². The molecule has 27 heavy (non-hydrogen) atoms. The third kappa shape index (κ3) is 5.07. The normalized spacial score (nSPS) is 12.8. The van der Waals surface area contributed by atoms with Gasteiger partial charge in [-0.05, 0) is 66.5 Å². The van der Waals surface area contributed by atoms with Gasteiger partial charge in [0.2, 0.25) is 0 Å². The van der Waals surface area contributed by atoms with Crippen molar-refractivity contribution in [2.75, 3.05) is 0 Å². The number of H-pyrrole nitrogens is 1. The number of amides is 1. The minimum atomic E-state index is -0.619. The van der Waals surface area contributed by atoms with Crippen LogP contribution in [-0.4, -0.2) is 21.7 Å². The van der Waals surface area contributed by atoms with Crippen LogP contribution in [0.5, 0.6) is 0 Å². The van der Waals surface area contributed by atoms with Gasteiger partial charge in [-0.15, -0.1) is 0 Å². The molecule has 0 bridgehead atoms. The van der Waals surface area contributed by atoms with Crippen LogP contribution in [0.4, 0.5) is 9.18 Å². The molecular formula is C20H21BrFN3O2. The summed E-state index contributed by atoms with van der Waals surface area (Å²) in [6, 6.07) is 12.0. The molecule has 2 N–H and O–H groups in total. The first-order valence-corrected chi connectivity index (χ1v) is 9.39. The zero-order chi connectivity index (χ0) is 19.6. The molecule has 0 aliphatic carbocycles. The average molecular weight is 434 g/mol. The number of hydrogen-bond donors (Lipinski definition) is 2. The van der Waals surface area contributed by atoms with E-state index in [2.05, 4.69) is 31.2 Å². The summed E-state index contributed by atoms with van der Waals surface area (Å²) >= 11 is 3.15. The molecule has 1 atom stereocenters. The lowest BCUT2D eigenvalue weighted by Crippen LogP contribution is -2.36. The van der Waals surface area contributed by atoms with Gasteiger partial charge in [0.1, 0.15) is 17.2 Å². The van der Waals surface area contributed by atoms with Crippen molar-refractivity contribution in [1.82, 2.24) is 15.3 Å². The van der Waals surface area contributed by atoms with Gasteiger partial charge in [-0.1, -0.05) is 18.2 Å². The fraction of sp³-hybridized carbons (Fsp3) is 0.300. The number of hydrogen-bond acceptors (Lipinski definition) is 3. The van der Waals surface area contributed by atoms with Gasteiger partial charge < -0.3 is 15.0 Å². The molecule has 2 aromatic carbocycles. The minimum absolute atomic E-state index is 0.354. The van der Waals surface area contributed by atoms with E-state index >= 15 is 0 Å². The van der Waals surface area contributed by atoms with Crippen LogP contribution in [0.15, 0.2) is 46.9 Å². The van der Waals surface area contributed by atoms with Gasteiger partial charge in [-0.25, -0.2) is 14.2 Å². The van der Waals surface area contributed by atoms with Crippen molar-refractivity contribution >= 4 is 33.1 Å². The first kappa shape index (κ1) is 19.4. The molecule has 0 aliphatic rings. The Hall–Kier alpha value is -2.41. The third-order valence-corrected chi connectivity index (χ3v) is 4.50. The van der Waals surface area contributed by atoms with E-state index in [0.29, 0.717) is 16.7 Å². The standard InChI is InChI=1S/C20H21BrFN3O2/c1-20(2,3)27-19(26)25-17(11-12-8-9-13(21)14(22)10-12)18-23-15-6-4-5-7-16(15)24-18/h4-10,17H,11H2,1-3H3,(H,23,24)(H,25,26). The molecule has 142 valence electrons. The van der Waals surface area contributed by atoms with Gasteiger partial charge in [0, 0.05) is 6.42 Å². The number of para-hydroxylation sites is 2. The van der Waals surface area contributed by atoms with E-state index in [-0.39, 0.29) is 5.82 Å². The number of carbonyl (C=O) groups excluding carboxylic acids is 1. The van der Waals surface area contributed by atoms with Crippen molar-refractivity contribution < 1.29 is 13.9 Å². The van der Waals surface area contributed by atoms with Gasteiger partial charge in [0.15, 0.2) is 0 Å². The fourth-order valence-corrected chi connectivity index (χ4v) is 2.95. The molecule has 0 saturated carbocycles. The molecule has 3 rings (SSSR count). The fourth-order valence-electron chi connectivity index (χ4n) is 2.71. The Labute approximate surface area is 165 Å². The lowest BCUT2D eigenvalue weighted by Gasteiger charge is -2.23. The Bertz CT molecular complexity index is 932. The number of ether oxygens (including phenoxy) is 1. The van der Waals surface area contributed by atoms with Crippen molar-refractivity contribution in [2.45, 2.75) is 38.8 Å². The summed E-state index contributed by atoms with van der Waals surface area (Å²) in [5.74, 6) is 0.235. The molecule has 7 heteroatoms. The molecule has 1 aromatic heterocycles. The zero-order valence-corrected chi connectivity index (χ0v) is 16.9. The second-order valence-electron chi connectivity index (χ2n) is 7.29. The summed E-state index contributed by atoms with van der Waals surface area (Å²) < 4.78 is 19.7. The number of nitrogens with zero attached hydrogens (tertiary/aromatic N) is 1. The Balaban J connectivity index is 1.89. The van der Waals surface area contributed by atoms with Crippen LogP contribution in [0.25, 0.3) is 11.0 Å². The maximum absolute atomic E-state index is 13.9. The van der Waals surface area contributed by atoms with E-state index in [4.69, 9.17) is 4.74 Å². The molecule has 3 aromatic rings. The van der Waals surface area contributed by atoms with Crippen LogP contribution in [0.2, 0.25) is 0 Å². The van der Waals surface area contributed by atoms with E-state index in [1.54, 1.807) is 32.9 Å². The molecular weight excluding hydrogens is 413 g/mol. The maximum atomic E-state index is 13.9. The number of imidazole rings is 1. The maximum Gasteiger partial charge on any atom is 0.408 e. The predicted molar refractivity (Wildman–Crippen MR) is 106 cm³/mol. The summed E-state index contributed by atoms with van der Waals surface area (Å²) in [5.41, 5.74) is 1.78. The molecule has 0 fully saturated rings. The molecule has 0 aliphatic heterocycles. The van der Waals surface area contributed by atoms with Crippen LogP contribution < -0.4 is 5.32 Å². The van der Waals surface area contributed by atoms with E-state index in [1.807, 2.05) is 24.3 Å². The van der Waals surface area contributed by atoms with Crippen LogP contribution in [-0.2, 0) is 11.2 Å². The van der Waals surface area contributed by atoms with Crippen LogP contribution in [0.1, 0.15) is 38.2 Å². The monoisotopic (exact) mass is 433 g/mol. The molecule has 5 nitrogen and oxygen atoms in total. The highest BCUT2D eigenvalue weighted by molar-refractivity contribution is 9.10. The average Bonchev–Trinajstić information content (AvgIpc) is 3.00. The lowest BCUT2D eigenvalue weighted by molar-refractivity contribution is 0.0501. The highest BCUT2D eigenvalue weighted by Gasteiger charge is 2.23. The number of aromatic nitrogens is 2. The first-order chi connectivity index (χ1) is 12.7. The molecule has 0 spiro atoms. The number of benzene rings is 2. The highest BCUT2D eigenvalue weighted by atomic mass is 79.9. The summed E-state index contributed by atoms with van der Waals surface area (Å²) in [6.07, 6.45) is -0.186. The van der Waals surface area contributed by atoms with E-state index in [0.717, 1.165) is 16.6 Å². The van der Waals surface area contributed by atoms with E-state index < -0.39 is 17.7 Å². The summed E-state index contributed by atoms with van der Waals surface area (Å²) in [5, 5.41) is 2.84. The third-order valence-electron chi connectivity index (χ3n) is 3.85. The van der Waals surface area contributed by atoms with E-state index in [1.165, 1.54) is 6.07 Å². The Kier molecular flexibility index (Phi) is 5.51. The number of carbonyl (C=O) groups is 1. The van der Waals surface area contributed by atoms with Gasteiger partial charge >= 0.3 is 6.09 Å². The second-order valence-corrected chi connectivity index (χ2v) is 8.14. The van der Waals surface area contributed by atoms with Gasteiger partial charge in [0.25, 0.3) is 0 Å².